The Labute approximate surface area is 126 Å². The maximum atomic E-state index is 6.31. The average Bonchev–Trinajstić information content (AvgIpc) is 2.42. The highest BCUT2D eigenvalue weighted by Gasteiger charge is 2.20. The molecule has 1 unspecified atom stereocenters. The summed E-state index contributed by atoms with van der Waals surface area (Å²) in [7, 11) is 3.51. The standard InChI is InChI=1S/C14H14BrClN2O/c1-17-13(10-6-5-9(15)8-11(10)16)14-12(19-2)4-3-7-18-14/h3-8,13,17H,1-2H3. The number of nitrogens with one attached hydrogen (secondary N) is 1. The van der Waals surface area contributed by atoms with Crippen LogP contribution in [0.1, 0.15) is 17.3 Å². The largest absolute Gasteiger partial charge is 0.495 e. The molecule has 0 radical (unpaired) electrons. The summed E-state index contributed by atoms with van der Waals surface area (Å²) in [5.74, 6) is 0.737. The number of ether oxygens (including phenoxy) is 1. The van der Waals surface area contributed by atoms with E-state index in [-0.39, 0.29) is 6.04 Å². The minimum Gasteiger partial charge on any atom is -0.495 e. The first-order valence-electron chi connectivity index (χ1n) is 5.78. The van der Waals surface area contributed by atoms with E-state index in [4.69, 9.17) is 16.3 Å². The lowest BCUT2D eigenvalue weighted by atomic mass is 10.0. The van der Waals surface area contributed by atoms with Crippen LogP contribution in [0, 0.1) is 0 Å². The van der Waals surface area contributed by atoms with Crippen LogP contribution in [0.15, 0.2) is 41.0 Å². The molecule has 0 saturated heterocycles. The maximum absolute atomic E-state index is 6.31. The van der Waals surface area contributed by atoms with Gasteiger partial charge in [-0.3, -0.25) is 4.98 Å². The van der Waals surface area contributed by atoms with Crippen LogP contribution >= 0.6 is 27.5 Å². The zero-order valence-electron chi connectivity index (χ0n) is 10.7. The molecule has 0 aliphatic rings. The molecular formula is C14H14BrClN2O. The van der Waals surface area contributed by atoms with Crippen molar-refractivity contribution in [1.82, 2.24) is 10.3 Å². The minimum atomic E-state index is -0.114. The molecule has 19 heavy (non-hydrogen) atoms. The quantitative estimate of drug-likeness (QED) is 0.918. The molecule has 0 amide bonds. The highest BCUT2D eigenvalue weighted by molar-refractivity contribution is 9.10. The third kappa shape index (κ3) is 3.08. The van der Waals surface area contributed by atoms with E-state index in [1.807, 2.05) is 37.4 Å². The topological polar surface area (TPSA) is 34.2 Å². The molecule has 0 fully saturated rings. The van der Waals surface area contributed by atoms with Gasteiger partial charge in [-0.25, -0.2) is 0 Å². The van der Waals surface area contributed by atoms with Crippen molar-refractivity contribution in [3.8, 4) is 5.75 Å². The van der Waals surface area contributed by atoms with Crippen molar-refractivity contribution in [2.75, 3.05) is 14.2 Å². The fourth-order valence-electron chi connectivity index (χ4n) is 1.97. The Hall–Kier alpha value is -1.10. The average molecular weight is 342 g/mol. The van der Waals surface area contributed by atoms with E-state index in [1.54, 1.807) is 13.3 Å². The van der Waals surface area contributed by atoms with Crippen molar-refractivity contribution in [3.05, 3.63) is 57.3 Å². The van der Waals surface area contributed by atoms with Crippen molar-refractivity contribution < 1.29 is 4.74 Å². The third-order valence-corrected chi connectivity index (χ3v) is 3.68. The highest BCUT2D eigenvalue weighted by atomic mass is 79.9. The second kappa shape index (κ2) is 6.37. The fraction of sp³-hybridized carbons (Fsp3) is 0.214. The zero-order valence-corrected chi connectivity index (χ0v) is 13.0. The number of hydrogen-bond acceptors (Lipinski definition) is 3. The van der Waals surface area contributed by atoms with Crippen molar-refractivity contribution in [1.29, 1.82) is 0 Å². The van der Waals surface area contributed by atoms with Gasteiger partial charge in [-0.1, -0.05) is 33.6 Å². The lowest BCUT2D eigenvalue weighted by Crippen LogP contribution is -2.20. The predicted octanol–water partition coefficient (Wildman–Crippen LogP) is 3.81. The monoisotopic (exact) mass is 340 g/mol. The van der Waals surface area contributed by atoms with Crippen LogP contribution in [-0.2, 0) is 0 Å². The molecule has 2 aromatic rings. The number of benzene rings is 1. The molecule has 0 saturated carbocycles. The highest BCUT2D eigenvalue weighted by Crippen LogP contribution is 2.33. The van der Waals surface area contributed by atoms with Crippen molar-refractivity contribution in [2.24, 2.45) is 0 Å². The normalized spacial score (nSPS) is 12.2. The SMILES string of the molecule is CNC(c1ccc(Br)cc1Cl)c1ncccc1OC. The summed E-state index contributed by atoms with van der Waals surface area (Å²) in [6.07, 6.45) is 1.74. The summed E-state index contributed by atoms with van der Waals surface area (Å²) < 4.78 is 6.31. The first-order chi connectivity index (χ1) is 9.17. The molecule has 1 N–H and O–H groups in total. The van der Waals surface area contributed by atoms with Gasteiger partial charge in [-0.05, 0) is 36.9 Å². The van der Waals surface area contributed by atoms with Gasteiger partial charge < -0.3 is 10.1 Å². The number of halogens is 2. The van der Waals surface area contributed by atoms with Gasteiger partial charge in [-0.2, -0.15) is 0 Å². The first-order valence-corrected chi connectivity index (χ1v) is 6.95. The number of hydrogen-bond donors (Lipinski definition) is 1. The van der Waals surface area contributed by atoms with Crippen LogP contribution in [0.5, 0.6) is 5.75 Å². The second-order valence-electron chi connectivity index (χ2n) is 3.98. The van der Waals surface area contributed by atoms with Crippen LogP contribution in [0.2, 0.25) is 5.02 Å². The van der Waals surface area contributed by atoms with Crippen LogP contribution in [0.3, 0.4) is 0 Å². The Balaban J connectivity index is 2.50. The number of pyridine rings is 1. The summed E-state index contributed by atoms with van der Waals surface area (Å²) in [6, 6.07) is 9.42. The second-order valence-corrected chi connectivity index (χ2v) is 5.30. The maximum Gasteiger partial charge on any atom is 0.142 e. The number of nitrogens with zero attached hydrogens (tertiary/aromatic N) is 1. The Kier molecular flexibility index (Phi) is 4.80. The van der Waals surface area contributed by atoms with E-state index >= 15 is 0 Å². The van der Waals surface area contributed by atoms with Gasteiger partial charge in [0.05, 0.1) is 13.2 Å². The summed E-state index contributed by atoms with van der Waals surface area (Å²) in [5.41, 5.74) is 1.78. The molecule has 1 aromatic carbocycles. The van der Waals surface area contributed by atoms with E-state index in [1.165, 1.54) is 0 Å². The van der Waals surface area contributed by atoms with Gasteiger partial charge in [0.15, 0.2) is 0 Å². The van der Waals surface area contributed by atoms with E-state index in [0.29, 0.717) is 5.02 Å². The van der Waals surface area contributed by atoms with Crippen LogP contribution in [0.25, 0.3) is 0 Å². The summed E-state index contributed by atoms with van der Waals surface area (Å²) in [6.45, 7) is 0. The minimum absolute atomic E-state index is 0.114. The summed E-state index contributed by atoms with van der Waals surface area (Å²) >= 11 is 9.72. The van der Waals surface area contributed by atoms with Crippen LogP contribution in [-0.4, -0.2) is 19.1 Å². The van der Waals surface area contributed by atoms with Crippen LogP contribution < -0.4 is 10.1 Å². The summed E-state index contributed by atoms with van der Waals surface area (Å²) in [5, 5.41) is 3.91. The van der Waals surface area contributed by atoms with Gasteiger partial charge in [0, 0.05) is 15.7 Å². The molecule has 1 atom stereocenters. The Bertz CT molecular complexity index is 577. The molecular weight excluding hydrogens is 328 g/mol. The Morgan fingerprint density at radius 2 is 2.16 bits per heavy atom. The van der Waals surface area contributed by atoms with Crippen molar-refractivity contribution in [2.45, 2.75) is 6.04 Å². The predicted molar refractivity (Wildman–Crippen MR) is 80.8 cm³/mol. The molecule has 1 aromatic heterocycles. The van der Waals surface area contributed by atoms with Crippen molar-refractivity contribution in [3.63, 3.8) is 0 Å². The van der Waals surface area contributed by atoms with Gasteiger partial charge in [-0.15, -0.1) is 0 Å². The Morgan fingerprint density at radius 1 is 1.37 bits per heavy atom. The molecule has 1 heterocycles. The van der Waals surface area contributed by atoms with E-state index in [0.717, 1.165) is 21.5 Å². The molecule has 2 rings (SSSR count). The first kappa shape index (κ1) is 14.3. The van der Waals surface area contributed by atoms with E-state index in [2.05, 4.69) is 26.2 Å². The van der Waals surface area contributed by atoms with Gasteiger partial charge >= 0.3 is 0 Å². The molecule has 0 bridgehead atoms. The smallest absolute Gasteiger partial charge is 0.142 e. The van der Waals surface area contributed by atoms with Crippen LogP contribution in [0.4, 0.5) is 0 Å². The van der Waals surface area contributed by atoms with E-state index in [9.17, 15) is 0 Å². The Morgan fingerprint density at radius 3 is 2.79 bits per heavy atom. The summed E-state index contributed by atoms with van der Waals surface area (Å²) in [4.78, 5) is 4.40. The van der Waals surface area contributed by atoms with Gasteiger partial charge in [0.2, 0.25) is 0 Å². The number of rotatable bonds is 4. The van der Waals surface area contributed by atoms with Gasteiger partial charge in [0.25, 0.3) is 0 Å². The molecule has 0 aliphatic carbocycles. The van der Waals surface area contributed by atoms with Gasteiger partial charge in [0.1, 0.15) is 11.4 Å². The van der Waals surface area contributed by atoms with E-state index < -0.39 is 0 Å². The molecule has 3 nitrogen and oxygen atoms in total. The molecule has 0 spiro atoms. The fourth-order valence-corrected chi connectivity index (χ4v) is 2.75. The molecule has 0 aliphatic heterocycles. The van der Waals surface area contributed by atoms with Crippen molar-refractivity contribution >= 4 is 27.5 Å². The lowest BCUT2D eigenvalue weighted by Gasteiger charge is -2.19. The zero-order chi connectivity index (χ0) is 13.8. The number of aromatic nitrogens is 1. The molecule has 100 valence electrons. The number of methoxy groups -OCH3 is 1. The lowest BCUT2D eigenvalue weighted by molar-refractivity contribution is 0.401. The third-order valence-electron chi connectivity index (χ3n) is 2.86. The molecule has 5 heteroatoms.